The fourth-order valence-corrected chi connectivity index (χ4v) is 4.14. The molecule has 1 saturated heterocycles. The topological polar surface area (TPSA) is 33.1 Å². The van der Waals surface area contributed by atoms with Crippen molar-refractivity contribution in [2.24, 2.45) is 0 Å². The molecule has 3 rings (SSSR count). The molecule has 1 aliphatic heterocycles. The van der Waals surface area contributed by atoms with Crippen LogP contribution in [0.1, 0.15) is 57.3 Å². The van der Waals surface area contributed by atoms with Crippen LogP contribution >= 0.6 is 0 Å². The van der Waals surface area contributed by atoms with Gasteiger partial charge in [0.25, 0.3) is 0 Å². The Morgan fingerprint density at radius 1 is 1.38 bits per heavy atom. The Balaban J connectivity index is 1.77. The second-order valence-electron chi connectivity index (χ2n) is 7.05. The van der Waals surface area contributed by atoms with Gasteiger partial charge in [-0.3, -0.25) is 9.58 Å². The SMILES string of the molecule is CCn1nc(C)cc1CN1CC2(CCCC2)NCCC1C. The minimum Gasteiger partial charge on any atom is -0.310 e. The molecule has 1 atom stereocenters. The summed E-state index contributed by atoms with van der Waals surface area (Å²) in [7, 11) is 0. The van der Waals surface area contributed by atoms with E-state index in [0.29, 0.717) is 11.6 Å². The molecule has 0 bridgehead atoms. The summed E-state index contributed by atoms with van der Waals surface area (Å²) in [5, 5.41) is 8.48. The Kier molecular flexibility index (Phi) is 4.36. The van der Waals surface area contributed by atoms with E-state index in [2.05, 4.69) is 46.8 Å². The van der Waals surface area contributed by atoms with Crippen LogP contribution in [0.3, 0.4) is 0 Å². The fourth-order valence-electron chi connectivity index (χ4n) is 4.14. The molecule has 2 heterocycles. The predicted molar refractivity (Wildman–Crippen MR) is 86.3 cm³/mol. The highest BCUT2D eigenvalue weighted by atomic mass is 15.3. The van der Waals surface area contributed by atoms with Crippen molar-refractivity contribution < 1.29 is 0 Å². The number of hydrogen-bond acceptors (Lipinski definition) is 3. The average molecular weight is 290 g/mol. The van der Waals surface area contributed by atoms with E-state index in [-0.39, 0.29) is 0 Å². The summed E-state index contributed by atoms with van der Waals surface area (Å²) >= 11 is 0. The predicted octanol–water partition coefficient (Wildman–Crippen LogP) is 2.71. The normalized spacial score (nSPS) is 26.3. The van der Waals surface area contributed by atoms with Gasteiger partial charge in [-0.15, -0.1) is 0 Å². The van der Waals surface area contributed by atoms with Crippen molar-refractivity contribution in [3.8, 4) is 0 Å². The minimum absolute atomic E-state index is 0.386. The Morgan fingerprint density at radius 3 is 2.86 bits per heavy atom. The smallest absolute Gasteiger partial charge is 0.0597 e. The van der Waals surface area contributed by atoms with E-state index in [0.717, 1.165) is 18.8 Å². The van der Waals surface area contributed by atoms with Crippen LogP contribution in [0.5, 0.6) is 0 Å². The van der Waals surface area contributed by atoms with Crippen molar-refractivity contribution in [3.05, 3.63) is 17.5 Å². The lowest BCUT2D eigenvalue weighted by Gasteiger charge is -2.35. The molecule has 4 nitrogen and oxygen atoms in total. The molecule has 118 valence electrons. The van der Waals surface area contributed by atoms with Crippen molar-refractivity contribution in [1.29, 1.82) is 0 Å². The van der Waals surface area contributed by atoms with Crippen LogP contribution in [0, 0.1) is 6.92 Å². The average Bonchev–Trinajstić information content (AvgIpc) is 3.01. The molecule has 1 aliphatic carbocycles. The summed E-state index contributed by atoms with van der Waals surface area (Å²) in [5.41, 5.74) is 2.90. The molecule has 0 amide bonds. The van der Waals surface area contributed by atoms with Crippen molar-refractivity contribution in [2.45, 2.75) is 77.5 Å². The lowest BCUT2D eigenvalue weighted by molar-refractivity contribution is 0.156. The zero-order valence-corrected chi connectivity index (χ0v) is 13.9. The van der Waals surface area contributed by atoms with Gasteiger partial charge >= 0.3 is 0 Å². The lowest BCUT2D eigenvalue weighted by Crippen LogP contribution is -2.50. The van der Waals surface area contributed by atoms with Gasteiger partial charge in [0.15, 0.2) is 0 Å². The van der Waals surface area contributed by atoms with E-state index in [1.807, 2.05) is 0 Å². The Bertz CT molecular complexity index is 473. The Morgan fingerprint density at radius 2 is 2.14 bits per heavy atom. The third-order valence-electron chi connectivity index (χ3n) is 5.40. The summed E-state index contributed by atoms with van der Waals surface area (Å²) < 4.78 is 2.17. The van der Waals surface area contributed by atoms with Gasteiger partial charge in [0.2, 0.25) is 0 Å². The summed E-state index contributed by atoms with van der Waals surface area (Å²) in [6.45, 7) is 11.0. The highest BCUT2D eigenvalue weighted by Gasteiger charge is 2.38. The van der Waals surface area contributed by atoms with Crippen molar-refractivity contribution >= 4 is 0 Å². The maximum Gasteiger partial charge on any atom is 0.0597 e. The minimum atomic E-state index is 0.386. The number of hydrogen-bond donors (Lipinski definition) is 1. The van der Waals surface area contributed by atoms with Gasteiger partial charge in [0.05, 0.1) is 11.4 Å². The van der Waals surface area contributed by atoms with Crippen molar-refractivity contribution in [3.63, 3.8) is 0 Å². The summed E-state index contributed by atoms with van der Waals surface area (Å²) in [4.78, 5) is 2.69. The van der Waals surface area contributed by atoms with Crippen LogP contribution in [0.2, 0.25) is 0 Å². The molecular formula is C17H30N4. The first kappa shape index (κ1) is 15.0. The molecule has 2 fully saturated rings. The number of aromatic nitrogens is 2. The first-order valence-electron chi connectivity index (χ1n) is 8.64. The molecule has 1 spiro atoms. The van der Waals surface area contributed by atoms with Crippen LogP contribution in [0.4, 0.5) is 0 Å². The summed E-state index contributed by atoms with van der Waals surface area (Å²) in [6.07, 6.45) is 6.73. The van der Waals surface area contributed by atoms with Gasteiger partial charge in [-0.25, -0.2) is 0 Å². The Labute approximate surface area is 128 Å². The zero-order chi connectivity index (χ0) is 14.9. The highest BCUT2D eigenvalue weighted by molar-refractivity contribution is 5.10. The molecule has 1 unspecified atom stereocenters. The molecule has 1 N–H and O–H groups in total. The largest absolute Gasteiger partial charge is 0.310 e. The van der Waals surface area contributed by atoms with Gasteiger partial charge in [-0.05, 0) is 52.6 Å². The molecule has 4 heteroatoms. The van der Waals surface area contributed by atoms with Crippen LogP contribution < -0.4 is 5.32 Å². The number of rotatable bonds is 3. The van der Waals surface area contributed by atoms with Gasteiger partial charge in [0, 0.05) is 31.2 Å². The standard InChI is InChI=1S/C17H30N4/c1-4-21-16(11-14(2)19-21)12-20-13-17(8-5-6-9-17)18-10-7-15(20)3/h11,15,18H,4-10,12-13H2,1-3H3. The molecule has 0 aromatic carbocycles. The number of nitrogens with zero attached hydrogens (tertiary/aromatic N) is 3. The van der Waals surface area contributed by atoms with E-state index in [4.69, 9.17) is 0 Å². The number of aryl methyl sites for hydroxylation is 2. The second kappa shape index (κ2) is 6.09. The van der Waals surface area contributed by atoms with Crippen LogP contribution in [-0.2, 0) is 13.1 Å². The monoisotopic (exact) mass is 290 g/mol. The first-order chi connectivity index (χ1) is 10.1. The third-order valence-corrected chi connectivity index (χ3v) is 5.40. The maximum atomic E-state index is 4.61. The fraction of sp³-hybridized carbons (Fsp3) is 0.824. The van der Waals surface area contributed by atoms with Crippen LogP contribution in [0.15, 0.2) is 6.07 Å². The van der Waals surface area contributed by atoms with E-state index < -0.39 is 0 Å². The summed E-state index contributed by atoms with van der Waals surface area (Å²) in [5.74, 6) is 0. The van der Waals surface area contributed by atoms with Crippen molar-refractivity contribution in [1.82, 2.24) is 20.0 Å². The molecular weight excluding hydrogens is 260 g/mol. The molecule has 1 aromatic heterocycles. The quantitative estimate of drug-likeness (QED) is 0.929. The van der Waals surface area contributed by atoms with E-state index in [1.54, 1.807) is 0 Å². The van der Waals surface area contributed by atoms with Crippen molar-refractivity contribution in [2.75, 3.05) is 13.1 Å². The van der Waals surface area contributed by atoms with Gasteiger partial charge < -0.3 is 5.32 Å². The Hall–Kier alpha value is -0.870. The molecule has 2 aliphatic rings. The van der Waals surface area contributed by atoms with Crippen LogP contribution in [0.25, 0.3) is 0 Å². The zero-order valence-electron chi connectivity index (χ0n) is 13.9. The van der Waals surface area contributed by atoms with Gasteiger partial charge in [-0.2, -0.15) is 5.10 Å². The lowest BCUT2D eigenvalue weighted by atomic mass is 9.97. The van der Waals surface area contributed by atoms with E-state index >= 15 is 0 Å². The molecule has 0 radical (unpaired) electrons. The van der Waals surface area contributed by atoms with E-state index in [1.165, 1.54) is 50.9 Å². The maximum absolute atomic E-state index is 4.61. The third kappa shape index (κ3) is 3.16. The molecule has 1 aromatic rings. The molecule has 1 saturated carbocycles. The number of nitrogens with one attached hydrogen (secondary N) is 1. The van der Waals surface area contributed by atoms with E-state index in [9.17, 15) is 0 Å². The van der Waals surface area contributed by atoms with Gasteiger partial charge in [-0.1, -0.05) is 12.8 Å². The molecule has 21 heavy (non-hydrogen) atoms. The second-order valence-corrected chi connectivity index (χ2v) is 7.05. The van der Waals surface area contributed by atoms with Gasteiger partial charge in [0.1, 0.15) is 0 Å². The van der Waals surface area contributed by atoms with Crippen LogP contribution in [-0.4, -0.2) is 39.4 Å². The first-order valence-corrected chi connectivity index (χ1v) is 8.64. The highest BCUT2D eigenvalue weighted by Crippen LogP contribution is 2.33. The summed E-state index contributed by atoms with van der Waals surface area (Å²) in [6, 6.07) is 2.91.